The highest BCUT2D eigenvalue weighted by molar-refractivity contribution is 9.10. The van der Waals surface area contributed by atoms with E-state index in [-0.39, 0.29) is 6.61 Å². The lowest BCUT2D eigenvalue weighted by atomic mass is 9.76. The molecular formula is C20H22BrN5O. The van der Waals surface area contributed by atoms with Gasteiger partial charge >= 0.3 is 0 Å². The van der Waals surface area contributed by atoms with Crippen LogP contribution in [0.25, 0.3) is 5.52 Å². The van der Waals surface area contributed by atoms with Crippen LogP contribution in [-0.4, -0.2) is 37.8 Å². The molecule has 0 amide bonds. The monoisotopic (exact) mass is 427 g/mol. The molecule has 5 rings (SSSR count). The molecule has 27 heavy (non-hydrogen) atoms. The SMILES string of the molecule is Cc1nc(N2CCC3(CC2)Cc2cccnc2C3)c2cc(CO)nn2c1Br. The topological polar surface area (TPSA) is 66.5 Å². The Morgan fingerprint density at radius 3 is 2.81 bits per heavy atom. The first-order valence-corrected chi connectivity index (χ1v) is 10.2. The van der Waals surface area contributed by atoms with Crippen LogP contribution < -0.4 is 4.90 Å². The number of fused-ring (bicyclic) bond motifs is 2. The van der Waals surface area contributed by atoms with Gasteiger partial charge in [0.2, 0.25) is 0 Å². The van der Waals surface area contributed by atoms with E-state index in [1.165, 1.54) is 11.3 Å². The van der Waals surface area contributed by atoms with E-state index in [1.54, 1.807) is 0 Å². The van der Waals surface area contributed by atoms with Crippen LogP contribution >= 0.6 is 15.9 Å². The molecule has 1 aliphatic carbocycles. The molecule has 1 N–H and O–H groups in total. The first-order chi connectivity index (χ1) is 13.1. The van der Waals surface area contributed by atoms with Gasteiger partial charge in [0, 0.05) is 25.0 Å². The Kier molecular flexibility index (Phi) is 3.98. The molecule has 1 spiro atoms. The Labute approximate surface area is 166 Å². The number of pyridine rings is 1. The number of nitrogens with zero attached hydrogens (tertiary/aromatic N) is 5. The maximum Gasteiger partial charge on any atom is 0.155 e. The second kappa shape index (κ2) is 6.27. The number of anilines is 1. The number of piperidine rings is 1. The lowest BCUT2D eigenvalue weighted by molar-refractivity contribution is 0.231. The largest absolute Gasteiger partial charge is 0.390 e. The van der Waals surface area contributed by atoms with Crippen molar-refractivity contribution >= 4 is 27.3 Å². The van der Waals surface area contributed by atoms with Crippen molar-refractivity contribution < 1.29 is 5.11 Å². The molecule has 1 fully saturated rings. The minimum atomic E-state index is -0.0685. The first-order valence-electron chi connectivity index (χ1n) is 9.42. The van der Waals surface area contributed by atoms with Crippen molar-refractivity contribution in [2.24, 2.45) is 5.41 Å². The number of aryl methyl sites for hydroxylation is 1. The molecule has 1 aliphatic heterocycles. The number of aromatic nitrogens is 4. The smallest absolute Gasteiger partial charge is 0.155 e. The zero-order valence-electron chi connectivity index (χ0n) is 15.3. The Balaban J connectivity index is 1.43. The number of rotatable bonds is 2. The second-order valence-electron chi connectivity index (χ2n) is 7.85. The molecule has 0 aromatic carbocycles. The van der Waals surface area contributed by atoms with Crippen LogP contribution in [0.4, 0.5) is 5.82 Å². The number of hydrogen-bond donors (Lipinski definition) is 1. The van der Waals surface area contributed by atoms with E-state index in [4.69, 9.17) is 4.98 Å². The minimum absolute atomic E-state index is 0.0685. The van der Waals surface area contributed by atoms with Crippen LogP contribution in [0, 0.1) is 12.3 Å². The lowest BCUT2D eigenvalue weighted by Gasteiger charge is -2.40. The van der Waals surface area contributed by atoms with Crippen LogP contribution in [-0.2, 0) is 19.4 Å². The van der Waals surface area contributed by atoms with Gasteiger partial charge in [-0.1, -0.05) is 6.07 Å². The van der Waals surface area contributed by atoms with E-state index < -0.39 is 0 Å². The summed E-state index contributed by atoms with van der Waals surface area (Å²) in [5.74, 6) is 0.964. The molecule has 7 heteroatoms. The van der Waals surface area contributed by atoms with Gasteiger partial charge in [0.25, 0.3) is 0 Å². The summed E-state index contributed by atoms with van der Waals surface area (Å²) >= 11 is 3.58. The van der Waals surface area contributed by atoms with Crippen LogP contribution in [0.3, 0.4) is 0 Å². The summed E-state index contributed by atoms with van der Waals surface area (Å²) in [4.78, 5) is 11.8. The summed E-state index contributed by atoms with van der Waals surface area (Å²) in [5.41, 5.74) is 5.58. The number of aliphatic hydroxyl groups is 1. The highest BCUT2D eigenvalue weighted by Gasteiger charge is 2.41. The molecule has 3 aromatic rings. The fourth-order valence-corrected chi connectivity index (χ4v) is 4.98. The fraction of sp³-hybridized carbons (Fsp3) is 0.450. The molecule has 0 unspecified atom stereocenters. The molecule has 0 radical (unpaired) electrons. The average molecular weight is 428 g/mol. The van der Waals surface area contributed by atoms with Crippen molar-refractivity contribution in [1.82, 2.24) is 19.6 Å². The van der Waals surface area contributed by atoms with E-state index in [9.17, 15) is 5.11 Å². The number of hydrogen-bond acceptors (Lipinski definition) is 5. The minimum Gasteiger partial charge on any atom is -0.390 e. The summed E-state index contributed by atoms with van der Waals surface area (Å²) in [6.07, 6.45) is 6.45. The van der Waals surface area contributed by atoms with Crippen molar-refractivity contribution in [2.75, 3.05) is 18.0 Å². The molecule has 0 bridgehead atoms. The van der Waals surface area contributed by atoms with Crippen LogP contribution in [0.2, 0.25) is 0 Å². The Morgan fingerprint density at radius 2 is 2.07 bits per heavy atom. The fourth-order valence-electron chi connectivity index (χ4n) is 4.62. The maximum absolute atomic E-state index is 9.49. The van der Waals surface area contributed by atoms with Gasteiger partial charge < -0.3 is 10.0 Å². The van der Waals surface area contributed by atoms with Gasteiger partial charge in [-0.25, -0.2) is 9.50 Å². The third kappa shape index (κ3) is 2.75. The highest BCUT2D eigenvalue weighted by atomic mass is 79.9. The van der Waals surface area contributed by atoms with Crippen LogP contribution in [0.15, 0.2) is 29.0 Å². The quantitative estimate of drug-likeness (QED) is 0.680. The third-order valence-electron chi connectivity index (χ3n) is 6.13. The number of aliphatic hydroxyl groups excluding tert-OH is 1. The van der Waals surface area contributed by atoms with Crippen LogP contribution in [0.1, 0.15) is 35.5 Å². The summed E-state index contributed by atoms with van der Waals surface area (Å²) in [6, 6.07) is 6.22. The predicted molar refractivity (Wildman–Crippen MR) is 107 cm³/mol. The first kappa shape index (κ1) is 17.1. The van der Waals surface area contributed by atoms with E-state index in [0.717, 1.165) is 60.4 Å². The molecule has 4 heterocycles. The van der Waals surface area contributed by atoms with Crippen molar-refractivity contribution in [3.05, 3.63) is 51.6 Å². The summed E-state index contributed by atoms with van der Waals surface area (Å²) in [6.45, 7) is 3.88. The maximum atomic E-state index is 9.49. The number of halogens is 1. The molecule has 6 nitrogen and oxygen atoms in total. The van der Waals surface area contributed by atoms with E-state index >= 15 is 0 Å². The van der Waals surface area contributed by atoms with Crippen LogP contribution in [0.5, 0.6) is 0 Å². The Bertz CT molecular complexity index is 996. The summed E-state index contributed by atoms with van der Waals surface area (Å²) < 4.78 is 2.69. The standard InChI is InChI=1S/C20H22BrN5O/c1-13-18(21)26-17(9-15(12-27)24-26)19(23-13)25-7-4-20(5-8-25)10-14-3-2-6-22-16(14)11-20/h2-3,6,9,27H,4-5,7-8,10-12H2,1H3. The molecule has 0 atom stereocenters. The van der Waals surface area contributed by atoms with Crippen molar-refractivity contribution in [3.8, 4) is 0 Å². The Hall–Kier alpha value is -1.99. The zero-order valence-corrected chi connectivity index (χ0v) is 16.9. The van der Waals surface area contributed by atoms with Crippen molar-refractivity contribution in [1.29, 1.82) is 0 Å². The van der Waals surface area contributed by atoms with Crippen molar-refractivity contribution in [2.45, 2.75) is 39.2 Å². The van der Waals surface area contributed by atoms with Gasteiger partial charge in [0.15, 0.2) is 5.82 Å². The summed E-state index contributed by atoms with van der Waals surface area (Å²) in [7, 11) is 0. The van der Waals surface area contributed by atoms with Gasteiger partial charge in [-0.15, -0.1) is 0 Å². The molecular weight excluding hydrogens is 406 g/mol. The molecule has 1 saturated heterocycles. The molecule has 140 valence electrons. The van der Waals surface area contributed by atoms with Gasteiger partial charge in [0.05, 0.1) is 18.0 Å². The van der Waals surface area contributed by atoms with Gasteiger partial charge in [0.1, 0.15) is 10.1 Å². The van der Waals surface area contributed by atoms with Crippen molar-refractivity contribution in [3.63, 3.8) is 0 Å². The molecule has 2 aliphatic rings. The van der Waals surface area contributed by atoms with Gasteiger partial charge in [-0.2, -0.15) is 5.10 Å². The van der Waals surface area contributed by atoms with E-state index in [1.807, 2.05) is 23.7 Å². The zero-order chi connectivity index (χ0) is 18.6. The predicted octanol–water partition coefficient (Wildman–Crippen LogP) is 3.07. The normalized spacial score (nSPS) is 18.4. The van der Waals surface area contributed by atoms with Gasteiger partial charge in [-0.3, -0.25) is 4.98 Å². The average Bonchev–Trinajstić information content (AvgIpc) is 3.27. The second-order valence-corrected chi connectivity index (χ2v) is 8.60. The summed E-state index contributed by atoms with van der Waals surface area (Å²) in [5, 5.41) is 14.0. The Morgan fingerprint density at radius 1 is 1.26 bits per heavy atom. The van der Waals surface area contributed by atoms with E-state index in [0.29, 0.717) is 11.1 Å². The highest BCUT2D eigenvalue weighted by Crippen LogP contribution is 2.44. The van der Waals surface area contributed by atoms with E-state index in [2.05, 4.69) is 43.0 Å². The molecule has 3 aromatic heterocycles. The lowest BCUT2D eigenvalue weighted by Crippen LogP contribution is -2.41. The third-order valence-corrected chi connectivity index (χ3v) is 7.03. The molecule has 0 saturated carbocycles. The van der Waals surface area contributed by atoms with Gasteiger partial charge in [-0.05, 0) is 71.6 Å².